The minimum absolute atomic E-state index is 0.0491. The van der Waals surface area contributed by atoms with Crippen LogP contribution in [0, 0.1) is 5.41 Å². The molecule has 0 saturated carbocycles. The van der Waals surface area contributed by atoms with E-state index in [0.29, 0.717) is 5.56 Å². The molecule has 0 aliphatic heterocycles. The second-order valence-electron chi connectivity index (χ2n) is 5.64. The largest absolute Gasteiger partial charge is 0.384 e. The SMILES string of the molecule is CN(c1nc(C(C)(C)C)ns1)c1ccccc1C(=N)N. The molecule has 1 aromatic carbocycles. The number of nitrogens with one attached hydrogen (secondary N) is 1. The third kappa shape index (κ3) is 2.80. The Balaban J connectivity index is 2.39. The van der Waals surface area contributed by atoms with Crippen LogP contribution in [0.5, 0.6) is 0 Å². The van der Waals surface area contributed by atoms with Crippen molar-refractivity contribution < 1.29 is 0 Å². The van der Waals surface area contributed by atoms with Crippen molar-refractivity contribution in [3.8, 4) is 0 Å². The van der Waals surface area contributed by atoms with E-state index in [9.17, 15) is 0 Å². The maximum atomic E-state index is 7.65. The average Bonchev–Trinajstić information content (AvgIpc) is 2.87. The Kier molecular flexibility index (Phi) is 3.76. The third-order valence-electron chi connectivity index (χ3n) is 2.93. The predicted octanol–water partition coefficient (Wildman–Crippen LogP) is 2.89. The van der Waals surface area contributed by atoms with Gasteiger partial charge in [-0.1, -0.05) is 32.9 Å². The molecule has 0 radical (unpaired) electrons. The summed E-state index contributed by atoms with van der Waals surface area (Å²) >= 11 is 1.35. The molecule has 2 aromatic rings. The summed E-state index contributed by atoms with van der Waals surface area (Å²) in [6.45, 7) is 6.26. The summed E-state index contributed by atoms with van der Waals surface area (Å²) in [5, 5.41) is 8.45. The van der Waals surface area contributed by atoms with Crippen molar-refractivity contribution in [1.82, 2.24) is 9.36 Å². The fourth-order valence-corrected chi connectivity index (χ4v) is 2.58. The van der Waals surface area contributed by atoms with Crippen molar-refractivity contribution in [2.75, 3.05) is 11.9 Å². The van der Waals surface area contributed by atoms with E-state index in [4.69, 9.17) is 11.1 Å². The van der Waals surface area contributed by atoms with E-state index < -0.39 is 0 Å². The van der Waals surface area contributed by atoms with Crippen molar-refractivity contribution in [1.29, 1.82) is 5.41 Å². The fourth-order valence-electron chi connectivity index (χ4n) is 1.75. The van der Waals surface area contributed by atoms with E-state index in [2.05, 4.69) is 30.1 Å². The highest BCUT2D eigenvalue weighted by molar-refractivity contribution is 7.09. The molecule has 5 nitrogen and oxygen atoms in total. The Morgan fingerprint density at radius 1 is 1.30 bits per heavy atom. The van der Waals surface area contributed by atoms with E-state index >= 15 is 0 Å². The predicted molar refractivity (Wildman–Crippen MR) is 84.1 cm³/mol. The van der Waals surface area contributed by atoms with E-state index in [1.54, 1.807) is 0 Å². The molecule has 20 heavy (non-hydrogen) atoms. The van der Waals surface area contributed by atoms with Crippen LogP contribution in [0.4, 0.5) is 10.8 Å². The number of para-hydroxylation sites is 1. The minimum atomic E-state index is -0.0737. The molecule has 6 heteroatoms. The number of benzene rings is 1. The van der Waals surface area contributed by atoms with Crippen molar-refractivity contribution in [3.05, 3.63) is 35.7 Å². The van der Waals surface area contributed by atoms with Crippen LogP contribution in [0.1, 0.15) is 32.2 Å². The Morgan fingerprint density at radius 3 is 2.50 bits per heavy atom. The smallest absolute Gasteiger partial charge is 0.209 e. The molecule has 106 valence electrons. The molecule has 3 N–H and O–H groups in total. The molecule has 0 bridgehead atoms. The molecule has 0 amide bonds. The first-order chi connectivity index (χ1) is 9.30. The molecule has 0 aliphatic carbocycles. The number of aromatic nitrogens is 2. The van der Waals surface area contributed by atoms with Gasteiger partial charge in [-0.3, -0.25) is 5.41 Å². The van der Waals surface area contributed by atoms with E-state index in [0.717, 1.165) is 16.6 Å². The number of nitrogens with two attached hydrogens (primary N) is 1. The van der Waals surface area contributed by atoms with Gasteiger partial charge in [-0.15, -0.1) is 0 Å². The van der Waals surface area contributed by atoms with Crippen LogP contribution >= 0.6 is 11.5 Å². The van der Waals surface area contributed by atoms with Gasteiger partial charge < -0.3 is 10.6 Å². The minimum Gasteiger partial charge on any atom is -0.384 e. The summed E-state index contributed by atoms with van der Waals surface area (Å²) in [7, 11) is 1.91. The highest BCUT2D eigenvalue weighted by atomic mass is 32.1. The first-order valence-electron chi connectivity index (χ1n) is 6.32. The van der Waals surface area contributed by atoms with Crippen LogP contribution in [0.2, 0.25) is 0 Å². The van der Waals surface area contributed by atoms with Crippen LogP contribution < -0.4 is 10.6 Å². The Morgan fingerprint density at radius 2 is 1.95 bits per heavy atom. The lowest BCUT2D eigenvalue weighted by Crippen LogP contribution is -2.19. The molecule has 1 heterocycles. The highest BCUT2D eigenvalue weighted by Gasteiger charge is 2.22. The molecule has 1 aromatic heterocycles. The summed E-state index contributed by atoms with van der Waals surface area (Å²) in [5.74, 6) is 0.873. The molecule has 0 aliphatic rings. The van der Waals surface area contributed by atoms with Crippen LogP contribution in [0.3, 0.4) is 0 Å². The lowest BCUT2D eigenvalue weighted by Gasteiger charge is -2.19. The number of anilines is 2. The van der Waals surface area contributed by atoms with Gasteiger partial charge in [0.05, 0.1) is 5.69 Å². The van der Waals surface area contributed by atoms with Gasteiger partial charge in [0.15, 0.2) is 0 Å². The van der Waals surface area contributed by atoms with Crippen LogP contribution in [-0.4, -0.2) is 22.2 Å². The van der Waals surface area contributed by atoms with Gasteiger partial charge in [-0.25, -0.2) is 4.98 Å². The van der Waals surface area contributed by atoms with Gasteiger partial charge in [0.1, 0.15) is 11.7 Å². The maximum Gasteiger partial charge on any atom is 0.209 e. The quantitative estimate of drug-likeness (QED) is 0.672. The van der Waals surface area contributed by atoms with Gasteiger partial charge >= 0.3 is 0 Å². The van der Waals surface area contributed by atoms with Crippen LogP contribution in [-0.2, 0) is 5.41 Å². The zero-order valence-electron chi connectivity index (χ0n) is 12.1. The number of nitrogens with zero attached hydrogens (tertiary/aromatic N) is 3. The zero-order valence-corrected chi connectivity index (χ0v) is 13.0. The highest BCUT2D eigenvalue weighted by Crippen LogP contribution is 2.30. The van der Waals surface area contributed by atoms with Crippen molar-refractivity contribution in [2.24, 2.45) is 5.73 Å². The summed E-state index contributed by atoms with van der Waals surface area (Å²) in [6, 6.07) is 7.55. The van der Waals surface area contributed by atoms with Gasteiger partial charge in [-0.05, 0) is 12.1 Å². The first kappa shape index (κ1) is 14.5. The number of hydrogen-bond donors (Lipinski definition) is 2. The van der Waals surface area contributed by atoms with Gasteiger partial charge in [0.2, 0.25) is 5.13 Å². The Labute approximate surface area is 123 Å². The lowest BCUT2D eigenvalue weighted by atomic mass is 9.96. The van der Waals surface area contributed by atoms with E-state index in [1.807, 2.05) is 36.2 Å². The monoisotopic (exact) mass is 289 g/mol. The lowest BCUT2D eigenvalue weighted by molar-refractivity contribution is 0.555. The topological polar surface area (TPSA) is 78.9 Å². The number of hydrogen-bond acceptors (Lipinski definition) is 5. The molecule has 0 spiro atoms. The Hall–Kier alpha value is -1.95. The molecule has 2 rings (SSSR count). The van der Waals surface area contributed by atoms with Crippen LogP contribution in [0.15, 0.2) is 24.3 Å². The van der Waals surface area contributed by atoms with Crippen molar-refractivity contribution in [3.63, 3.8) is 0 Å². The first-order valence-corrected chi connectivity index (χ1v) is 7.09. The molecule has 0 saturated heterocycles. The molecular weight excluding hydrogens is 270 g/mol. The molecular formula is C14H19N5S. The molecule has 0 unspecified atom stereocenters. The zero-order chi connectivity index (χ0) is 14.9. The maximum absolute atomic E-state index is 7.65. The van der Waals surface area contributed by atoms with Gasteiger partial charge in [-0.2, -0.15) is 4.37 Å². The number of nitrogen functional groups attached to an aromatic ring is 1. The standard InChI is InChI=1S/C14H19N5S/c1-14(2,3)12-17-13(20-18-12)19(4)10-8-6-5-7-9(10)11(15)16/h5-8H,1-4H3,(H3,15,16). The summed E-state index contributed by atoms with van der Waals surface area (Å²) in [4.78, 5) is 6.50. The van der Waals surface area contributed by atoms with E-state index in [1.165, 1.54) is 11.5 Å². The van der Waals surface area contributed by atoms with Gasteiger partial charge in [0.25, 0.3) is 0 Å². The summed E-state index contributed by atoms with van der Waals surface area (Å²) in [6.07, 6.45) is 0. The van der Waals surface area contributed by atoms with Crippen LogP contribution in [0.25, 0.3) is 0 Å². The summed E-state index contributed by atoms with van der Waals surface area (Å²) < 4.78 is 4.41. The second kappa shape index (κ2) is 5.20. The average molecular weight is 289 g/mol. The van der Waals surface area contributed by atoms with Crippen molar-refractivity contribution in [2.45, 2.75) is 26.2 Å². The third-order valence-corrected chi connectivity index (χ3v) is 3.72. The van der Waals surface area contributed by atoms with E-state index in [-0.39, 0.29) is 11.3 Å². The fraction of sp³-hybridized carbons (Fsp3) is 0.357. The summed E-state index contributed by atoms with van der Waals surface area (Å²) in [5.41, 5.74) is 7.11. The molecule has 0 atom stereocenters. The number of rotatable bonds is 3. The normalized spacial score (nSPS) is 11.4. The number of amidine groups is 1. The molecule has 0 fully saturated rings. The van der Waals surface area contributed by atoms with Gasteiger partial charge in [0, 0.05) is 29.6 Å². The van der Waals surface area contributed by atoms with Crippen molar-refractivity contribution >= 4 is 28.2 Å². The second-order valence-corrected chi connectivity index (χ2v) is 6.37. The Bertz CT molecular complexity index is 626.